The predicted molar refractivity (Wildman–Crippen MR) is 143 cm³/mol. The van der Waals surface area contributed by atoms with Crippen LogP contribution in [-0.2, 0) is 6.54 Å². The zero-order chi connectivity index (χ0) is 25.8. The number of carboxylic acids is 1. The summed E-state index contributed by atoms with van der Waals surface area (Å²) < 4.78 is 5.98. The summed E-state index contributed by atoms with van der Waals surface area (Å²) in [5.41, 5.74) is 5.48. The van der Waals surface area contributed by atoms with Crippen molar-refractivity contribution in [2.45, 2.75) is 40.3 Å². The lowest BCUT2D eigenvalue weighted by molar-refractivity contribution is 0.0696. The fourth-order valence-electron chi connectivity index (χ4n) is 3.78. The lowest BCUT2D eigenvalue weighted by Gasteiger charge is -2.16. The molecule has 1 heterocycles. The number of aromatic nitrogens is 1. The Morgan fingerprint density at radius 1 is 0.972 bits per heavy atom. The van der Waals surface area contributed by atoms with Crippen molar-refractivity contribution in [3.8, 4) is 27.4 Å². The van der Waals surface area contributed by atoms with E-state index in [-0.39, 0.29) is 24.1 Å². The zero-order valence-electron chi connectivity index (χ0n) is 20.7. The molecule has 0 bridgehead atoms. The summed E-state index contributed by atoms with van der Waals surface area (Å²) in [6, 6.07) is 20.5. The number of amides is 1. The molecule has 1 amide bonds. The van der Waals surface area contributed by atoms with Crippen LogP contribution in [0.4, 0.5) is 0 Å². The molecule has 0 spiro atoms. The van der Waals surface area contributed by atoms with Crippen LogP contribution in [-0.4, -0.2) is 28.1 Å². The van der Waals surface area contributed by atoms with E-state index in [1.165, 1.54) is 16.9 Å². The lowest BCUT2D eigenvalue weighted by Crippen LogP contribution is -2.23. The van der Waals surface area contributed by atoms with E-state index in [2.05, 4.69) is 10.3 Å². The molecular formula is C29H28N2O4S. The van der Waals surface area contributed by atoms with Gasteiger partial charge in [-0.25, -0.2) is 9.78 Å². The minimum atomic E-state index is -0.978. The van der Waals surface area contributed by atoms with Crippen LogP contribution in [0.3, 0.4) is 0 Å². The number of ether oxygens (including phenoxy) is 1. The number of aryl methyl sites for hydroxylation is 2. The Kier molecular flexibility index (Phi) is 7.50. The Morgan fingerprint density at radius 2 is 1.67 bits per heavy atom. The highest BCUT2D eigenvalue weighted by Crippen LogP contribution is 2.30. The van der Waals surface area contributed by atoms with Crippen molar-refractivity contribution >= 4 is 23.2 Å². The molecule has 2 N–H and O–H groups in total. The maximum atomic E-state index is 13.1. The molecule has 3 aromatic carbocycles. The molecule has 0 aliphatic rings. The van der Waals surface area contributed by atoms with Gasteiger partial charge in [0.15, 0.2) is 0 Å². The number of hydrogen-bond acceptors (Lipinski definition) is 5. The molecule has 6 nitrogen and oxygen atoms in total. The van der Waals surface area contributed by atoms with Gasteiger partial charge in [-0.3, -0.25) is 4.79 Å². The molecule has 0 saturated carbocycles. The number of benzene rings is 3. The van der Waals surface area contributed by atoms with Crippen LogP contribution in [0.1, 0.15) is 50.7 Å². The number of nitrogens with zero attached hydrogens (tertiary/aromatic N) is 1. The van der Waals surface area contributed by atoms with Crippen molar-refractivity contribution in [3.05, 3.63) is 94.0 Å². The first kappa shape index (κ1) is 25.1. The Morgan fingerprint density at radius 3 is 2.36 bits per heavy atom. The molecule has 4 aromatic rings. The first-order chi connectivity index (χ1) is 17.2. The minimum Gasteiger partial charge on any atom is -0.491 e. The number of carbonyl (C=O) groups excluding carboxylic acids is 1. The average molecular weight is 501 g/mol. The number of aromatic carboxylic acids is 1. The topological polar surface area (TPSA) is 88.5 Å². The Bertz CT molecular complexity index is 1410. The van der Waals surface area contributed by atoms with Crippen LogP contribution in [0.25, 0.3) is 21.7 Å². The van der Waals surface area contributed by atoms with E-state index < -0.39 is 5.97 Å². The Hall–Kier alpha value is -3.97. The SMILES string of the molecule is Cc1ccc(-c2nc(C)c(C(=O)NCc3cc(-c4cccc(C(=O)O)c4)ccc3OC(C)C)s2)cc1. The number of nitrogens with one attached hydrogen (secondary N) is 1. The number of carboxylic acid groups (broad SMARTS) is 1. The fourth-order valence-corrected chi connectivity index (χ4v) is 4.77. The minimum absolute atomic E-state index is 0.0403. The van der Waals surface area contributed by atoms with E-state index in [4.69, 9.17) is 4.74 Å². The van der Waals surface area contributed by atoms with Gasteiger partial charge in [0.2, 0.25) is 0 Å². The quantitative estimate of drug-likeness (QED) is 0.288. The van der Waals surface area contributed by atoms with Crippen LogP contribution >= 0.6 is 11.3 Å². The van der Waals surface area contributed by atoms with Crippen LogP contribution < -0.4 is 10.1 Å². The molecule has 4 rings (SSSR count). The summed E-state index contributed by atoms with van der Waals surface area (Å²) in [5, 5.41) is 13.2. The second-order valence-corrected chi connectivity index (χ2v) is 9.86. The predicted octanol–water partition coefficient (Wildman–Crippen LogP) is 6.51. The highest BCUT2D eigenvalue weighted by Gasteiger charge is 2.17. The molecule has 0 fully saturated rings. The van der Waals surface area contributed by atoms with Gasteiger partial charge in [0.05, 0.1) is 17.4 Å². The van der Waals surface area contributed by atoms with E-state index in [0.717, 1.165) is 27.3 Å². The lowest BCUT2D eigenvalue weighted by atomic mass is 10.0. The molecule has 0 unspecified atom stereocenters. The van der Waals surface area contributed by atoms with Gasteiger partial charge in [-0.05, 0) is 63.1 Å². The highest BCUT2D eigenvalue weighted by atomic mass is 32.1. The van der Waals surface area contributed by atoms with Gasteiger partial charge >= 0.3 is 5.97 Å². The Balaban J connectivity index is 1.58. The van der Waals surface area contributed by atoms with Gasteiger partial charge in [-0.1, -0.05) is 48.0 Å². The van der Waals surface area contributed by atoms with Gasteiger partial charge in [-0.2, -0.15) is 0 Å². The maximum Gasteiger partial charge on any atom is 0.335 e. The number of thiazole rings is 1. The summed E-state index contributed by atoms with van der Waals surface area (Å²) in [6.45, 7) is 8.02. The molecule has 0 radical (unpaired) electrons. The van der Waals surface area contributed by atoms with Crippen molar-refractivity contribution in [2.24, 2.45) is 0 Å². The molecule has 0 aliphatic carbocycles. The molecule has 0 saturated heterocycles. The fraction of sp³-hybridized carbons (Fsp3) is 0.207. The van der Waals surface area contributed by atoms with E-state index in [9.17, 15) is 14.7 Å². The van der Waals surface area contributed by atoms with Gasteiger partial charge in [0.25, 0.3) is 5.91 Å². The maximum absolute atomic E-state index is 13.1. The van der Waals surface area contributed by atoms with E-state index in [1.54, 1.807) is 18.2 Å². The number of hydrogen-bond donors (Lipinski definition) is 2. The van der Waals surface area contributed by atoms with Crippen LogP contribution in [0.15, 0.2) is 66.7 Å². The van der Waals surface area contributed by atoms with E-state index in [1.807, 2.05) is 76.2 Å². The average Bonchev–Trinajstić information content (AvgIpc) is 3.25. The molecule has 1 aromatic heterocycles. The second-order valence-electron chi connectivity index (χ2n) is 8.86. The van der Waals surface area contributed by atoms with Gasteiger partial charge in [0, 0.05) is 17.7 Å². The largest absolute Gasteiger partial charge is 0.491 e. The normalized spacial score (nSPS) is 10.9. The second kappa shape index (κ2) is 10.7. The molecule has 184 valence electrons. The summed E-state index contributed by atoms with van der Waals surface area (Å²) in [5.74, 6) is -0.504. The van der Waals surface area contributed by atoms with Gasteiger partial charge in [0.1, 0.15) is 15.6 Å². The third kappa shape index (κ3) is 5.80. The van der Waals surface area contributed by atoms with Crippen molar-refractivity contribution in [2.75, 3.05) is 0 Å². The summed E-state index contributed by atoms with van der Waals surface area (Å²) in [4.78, 5) is 29.7. The third-order valence-corrected chi connectivity index (χ3v) is 6.81. The molecule has 7 heteroatoms. The molecular weight excluding hydrogens is 472 g/mol. The molecule has 36 heavy (non-hydrogen) atoms. The first-order valence-corrected chi connectivity index (χ1v) is 12.5. The van der Waals surface area contributed by atoms with Crippen LogP contribution in [0.5, 0.6) is 5.75 Å². The monoisotopic (exact) mass is 500 g/mol. The Labute approximate surface area is 214 Å². The standard InChI is InChI=1S/C29H28N2O4S/c1-17(2)35-25-13-12-22(21-6-5-7-23(14-21)29(33)34)15-24(25)16-30-27(32)26-19(4)31-28(36-26)20-10-8-18(3)9-11-20/h5-15,17H,16H2,1-4H3,(H,30,32)(H,33,34). The summed E-state index contributed by atoms with van der Waals surface area (Å²) in [7, 11) is 0. The van der Waals surface area contributed by atoms with Gasteiger partial charge < -0.3 is 15.2 Å². The van der Waals surface area contributed by atoms with Crippen molar-refractivity contribution in [1.29, 1.82) is 0 Å². The van der Waals surface area contributed by atoms with Crippen molar-refractivity contribution in [3.63, 3.8) is 0 Å². The third-order valence-electron chi connectivity index (χ3n) is 5.61. The van der Waals surface area contributed by atoms with Gasteiger partial charge in [-0.15, -0.1) is 11.3 Å². The first-order valence-electron chi connectivity index (χ1n) is 11.7. The van der Waals surface area contributed by atoms with Crippen molar-refractivity contribution < 1.29 is 19.4 Å². The number of carbonyl (C=O) groups is 2. The summed E-state index contributed by atoms with van der Waals surface area (Å²) in [6.07, 6.45) is -0.0403. The van der Waals surface area contributed by atoms with E-state index in [0.29, 0.717) is 16.3 Å². The summed E-state index contributed by atoms with van der Waals surface area (Å²) >= 11 is 1.37. The molecule has 0 aliphatic heterocycles. The zero-order valence-corrected chi connectivity index (χ0v) is 21.5. The van der Waals surface area contributed by atoms with Crippen LogP contribution in [0.2, 0.25) is 0 Å². The smallest absolute Gasteiger partial charge is 0.335 e. The molecule has 0 atom stereocenters. The van der Waals surface area contributed by atoms with Crippen molar-refractivity contribution in [1.82, 2.24) is 10.3 Å². The highest BCUT2D eigenvalue weighted by molar-refractivity contribution is 7.17. The van der Waals surface area contributed by atoms with E-state index >= 15 is 0 Å². The van der Waals surface area contributed by atoms with Crippen LogP contribution in [0, 0.1) is 13.8 Å². The number of rotatable bonds is 8.